The fraction of sp³-hybridized carbons (Fsp3) is 0.400. The van der Waals surface area contributed by atoms with E-state index < -0.39 is 10.0 Å². The first kappa shape index (κ1) is 21.3. The molecule has 1 fully saturated rings. The van der Waals surface area contributed by atoms with E-state index in [0.29, 0.717) is 37.4 Å². The highest BCUT2D eigenvalue weighted by Gasteiger charge is 2.28. The van der Waals surface area contributed by atoms with E-state index in [1.165, 1.54) is 0 Å². The van der Waals surface area contributed by atoms with E-state index in [9.17, 15) is 18.5 Å². The zero-order chi connectivity index (χ0) is 21.0. The van der Waals surface area contributed by atoms with Crippen LogP contribution in [0.1, 0.15) is 24.2 Å². The number of piperazine rings is 1. The van der Waals surface area contributed by atoms with Gasteiger partial charge in [0, 0.05) is 37.4 Å². The predicted molar refractivity (Wildman–Crippen MR) is 113 cm³/mol. The quantitative estimate of drug-likeness (QED) is 0.758. The van der Waals surface area contributed by atoms with Gasteiger partial charge in [0.25, 0.3) is 15.9 Å². The van der Waals surface area contributed by atoms with E-state index in [1.54, 1.807) is 46.7 Å². The molecule has 1 saturated heterocycles. The standard InChI is InChI=1S/C20H24N4O3S2/c1-15(2)18(14-21)23-9-11-24(12-10-23)20(25)16-5-7-17(8-6-16)22-29(26,27)19-4-3-13-28-19/h3-8,13,15,18,22H,9-12H2,1-2H3. The maximum atomic E-state index is 12.8. The molecule has 1 aliphatic heterocycles. The summed E-state index contributed by atoms with van der Waals surface area (Å²) in [5.41, 5.74) is 0.923. The SMILES string of the molecule is CC(C)C(C#N)N1CCN(C(=O)c2ccc(NS(=O)(=O)c3cccs3)cc2)CC1. The molecule has 1 amide bonds. The summed E-state index contributed by atoms with van der Waals surface area (Å²) in [4.78, 5) is 16.7. The number of nitrogens with one attached hydrogen (secondary N) is 1. The van der Waals surface area contributed by atoms with Crippen LogP contribution in [0.3, 0.4) is 0 Å². The topological polar surface area (TPSA) is 93.5 Å². The number of nitrogens with zero attached hydrogens (tertiary/aromatic N) is 3. The van der Waals surface area contributed by atoms with Crippen molar-refractivity contribution in [3.05, 3.63) is 47.3 Å². The minimum absolute atomic E-state index is 0.0876. The smallest absolute Gasteiger partial charge is 0.271 e. The van der Waals surface area contributed by atoms with Crippen molar-refractivity contribution in [3.63, 3.8) is 0 Å². The summed E-state index contributed by atoms with van der Waals surface area (Å²) in [5.74, 6) is 0.156. The van der Waals surface area contributed by atoms with Gasteiger partial charge in [-0.15, -0.1) is 11.3 Å². The van der Waals surface area contributed by atoms with Crippen molar-refractivity contribution < 1.29 is 13.2 Å². The van der Waals surface area contributed by atoms with Crippen molar-refractivity contribution in [1.29, 1.82) is 5.26 Å². The summed E-state index contributed by atoms with van der Waals surface area (Å²) in [6, 6.07) is 11.9. The van der Waals surface area contributed by atoms with Gasteiger partial charge in [-0.3, -0.25) is 14.4 Å². The van der Waals surface area contributed by atoms with Gasteiger partial charge in [0.05, 0.1) is 6.07 Å². The van der Waals surface area contributed by atoms with Crippen LogP contribution in [-0.2, 0) is 10.0 Å². The van der Waals surface area contributed by atoms with Crippen LogP contribution in [0, 0.1) is 17.2 Å². The van der Waals surface area contributed by atoms with Gasteiger partial charge in [-0.25, -0.2) is 8.42 Å². The van der Waals surface area contributed by atoms with Crippen LogP contribution in [0.25, 0.3) is 0 Å². The number of thiophene rings is 1. The third kappa shape index (κ3) is 4.96. The fourth-order valence-corrected chi connectivity index (χ4v) is 5.39. The lowest BCUT2D eigenvalue weighted by Crippen LogP contribution is -2.52. The van der Waals surface area contributed by atoms with Gasteiger partial charge in [0.1, 0.15) is 10.3 Å². The molecule has 154 valence electrons. The van der Waals surface area contributed by atoms with Crippen LogP contribution in [0.15, 0.2) is 46.0 Å². The normalized spacial score (nSPS) is 16.4. The summed E-state index contributed by atoms with van der Waals surface area (Å²) in [5, 5.41) is 11.1. The highest BCUT2D eigenvalue weighted by atomic mass is 32.2. The molecule has 29 heavy (non-hydrogen) atoms. The number of anilines is 1. The molecule has 0 radical (unpaired) electrons. The van der Waals surface area contributed by atoms with Gasteiger partial charge in [-0.05, 0) is 41.6 Å². The average Bonchev–Trinajstić information content (AvgIpc) is 3.25. The number of carbonyl (C=O) groups is 1. The summed E-state index contributed by atoms with van der Waals surface area (Å²) in [6.07, 6.45) is 0. The number of sulfonamides is 1. The second-order valence-electron chi connectivity index (χ2n) is 7.26. The highest BCUT2D eigenvalue weighted by molar-refractivity contribution is 7.94. The lowest BCUT2D eigenvalue weighted by Gasteiger charge is -2.38. The van der Waals surface area contributed by atoms with Crippen LogP contribution in [0.2, 0.25) is 0 Å². The number of rotatable bonds is 6. The first-order chi connectivity index (χ1) is 13.8. The molecule has 1 aromatic carbocycles. The maximum absolute atomic E-state index is 12.8. The number of benzene rings is 1. The third-order valence-corrected chi connectivity index (χ3v) is 7.68. The Labute approximate surface area is 175 Å². The van der Waals surface area contributed by atoms with E-state index in [1.807, 2.05) is 13.8 Å². The molecule has 1 aliphatic rings. The van der Waals surface area contributed by atoms with E-state index >= 15 is 0 Å². The summed E-state index contributed by atoms with van der Waals surface area (Å²) >= 11 is 1.15. The lowest BCUT2D eigenvalue weighted by molar-refractivity contribution is 0.0577. The molecule has 1 unspecified atom stereocenters. The van der Waals surface area contributed by atoms with E-state index in [2.05, 4.69) is 15.7 Å². The van der Waals surface area contributed by atoms with E-state index in [-0.39, 0.29) is 22.1 Å². The van der Waals surface area contributed by atoms with Gasteiger partial charge < -0.3 is 4.90 Å². The van der Waals surface area contributed by atoms with Gasteiger partial charge in [0.15, 0.2) is 0 Å². The van der Waals surface area contributed by atoms with Crippen molar-refractivity contribution in [1.82, 2.24) is 9.80 Å². The lowest BCUT2D eigenvalue weighted by atomic mass is 10.0. The first-order valence-corrected chi connectivity index (χ1v) is 11.8. The van der Waals surface area contributed by atoms with E-state index in [4.69, 9.17) is 0 Å². The van der Waals surface area contributed by atoms with Crippen molar-refractivity contribution in [3.8, 4) is 6.07 Å². The molecule has 2 heterocycles. The molecule has 7 nitrogen and oxygen atoms in total. The molecule has 0 saturated carbocycles. The molecular weight excluding hydrogens is 408 g/mol. The zero-order valence-corrected chi connectivity index (χ0v) is 18.0. The zero-order valence-electron chi connectivity index (χ0n) is 16.4. The number of amides is 1. The number of carbonyl (C=O) groups excluding carboxylic acids is 1. The maximum Gasteiger partial charge on any atom is 0.271 e. The Morgan fingerprint density at radius 3 is 2.31 bits per heavy atom. The molecule has 1 aromatic heterocycles. The average molecular weight is 433 g/mol. The number of hydrogen-bond acceptors (Lipinski definition) is 6. The third-order valence-electron chi connectivity index (χ3n) is 4.90. The van der Waals surface area contributed by atoms with Crippen molar-refractivity contribution in [2.24, 2.45) is 5.92 Å². The van der Waals surface area contributed by atoms with Crippen LogP contribution in [0.5, 0.6) is 0 Å². The Morgan fingerprint density at radius 1 is 1.14 bits per heavy atom. The van der Waals surface area contributed by atoms with Gasteiger partial charge >= 0.3 is 0 Å². The minimum Gasteiger partial charge on any atom is -0.336 e. The molecule has 9 heteroatoms. The molecule has 0 spiro atoms. The van der Waals surface area contributed by atoms with Crippen molar-refractivity contribution in [2.75, 3.05) is 30.9 Å². The highest BCUT2D eigenvalue weighted by Crippen LogP contribution is 2.21. The monoisotopic (exact) mass is 432 g/mol. The Morgan fingerprint density at radius 2 is 1.79 bits per heavy atom. The largest absolute Gasteiger partial charge is 0.336 e. The number of nitriles is 1. The second-order valence-corrected chi connectivity index (χ2v) is 10.1. The van der Waals surface area contributed by atoms with E-state index in [0.717, 1.165) is 11.3 Å². The Balaban J connectivity index is 1.61. The van der Waals surface area contributed by atoms with Gasteiger partial charge in [-0.2, -0.15) is 5.26 Å². The van der Waals surface area contributed by atoms with Crippen LogP contribution >= 0.6 is 11.3 Å². The fourth-order valence-electron chi connectivity index (χ4n) is 3.34. The van der Waals surface area contributed by atoms with Crippen molar-refractivity contribution in [2.45, 2.75) is 24.1 Å². The minimum atomic E-state index is -3.61. The molecule has 0 aliphatic carbocycles. The van der Waals surface area contributed by atoms with Gasteiger partial charge in [0.2, 0.25) is 0 Å². The summed E-state index contributed by atoms with van der Waals surface area (Å²) in [6.45, 7) is 6.52. The molecule has 2 aromatic rings. The molecule has 3 rings (SSSR count). The van der Waals surface area contributed by atoms with Crippen LogP contribution < -0.4 is 4.72 Å². The summed E-state index contributed by atoms with van der Waals surface area (Å²) < 4.78 is 27.3. The molecule has 0 bridgehead atoms. The molecule has 1 atom stereocenters. The Kier molecular flexibility index (Phi) is 6.57. The summed E-state index contributed by atoms with van der Waals surface area (Å²) in [7, 11) is -3.61. The van der Waals surface area contributed by atoms with Crippen LogP contribution in [-0.4, -0.2) is 56.3 Å². The molecular formula is C20H24N4O3S2. The molecule has 1 N–H and O–H groups in total. The second kappa shape index (κ2) is 8.95. The Bertz CT molecular complexity index is 972. The van der Waals surface area contributed by atoms with Crippen LogP contribution in [0.4, 0.5) is 5.69 Å². The Hall–Kier alpha value is -2.41. The predicted octanol–water partition coefficient (Wildman–Crippen LogP) is 2.85. The number of hydrogen-bond donors (Lipinski definition) is 1. The first-order valence-electron chi connectivity index (χ1n) is 9.41. The van der Waals surface area contributed by atoms with Crippen molar-refractivity contribution >= 4 is 33.0 Å². The van der Waals surface area contributed by atoms with Gasteiger partial charge in [-0.1, -0.05) is 19.9 Å².